The Kier molecular flexibility index (Phi) is 7.34. The van der Waals surface area contributed by atoms with Gasteiger partial charge in [0, 0.05) is 0 Å². The first-order valence-electron chi connectivity index (χ1n) is 3.02. The number of imide groups is 1. The van der Waals surface area contributed by atoms with Gasteiger partial charge in [-0.3, -0.25) is 10.1 Å². The standard InChI is InChI=1S/C4H5FN2O5S.K.H2O/c5-1-2(8)6-4(9)7-3(1)13(10,11)12;;/h1,3H,(H,10,11,12)(H2,6,7,8,9);;1H2/q;+1;/p-1/t1-,3-;;/m0../s1. The summed E-state index contributed by atoms with van der Waals surface area (Å²) in [5.41, 5.74) is 0. The Balaban J connectivity index is 0. The van der Waals surface area contributed by atoms with Crippen LogP contribution in [0.4, 0.5) is 9.18 Å². The SMILES string of the molecule is O.O=C1NC(=O)[C@H](F)[C@H](S(=O)(=O)[O-])N1.[K+]. The number of hydrogen-bond acceptors (Lipinski definition) is 5. The predicted molar refractivity (Wildman–Crippen MR) is 38.7 cm³/mol. The molecule has 0 aromatic carbocycles. The van der Waals surface area contributed by atoms with E-state index in [4.69, 9.17) is 0 Å². The molecule has 3 amide bonds. The molecule has 0 bridgehead atoms. The molecule has 1 aliphatic heterocycles. The Morgan fingerprint density at radius 1 is 1.33 bits per heavy atom. The first-order valence-corrected chi connectivity index (χ1v) is 4.49. The van der Waals surface area contributed by atoms with E-state index in [0.29, 0.717) is 0 Å². The van der Waals surface area contributed by atoms with Crippen LogP contribution in [-0.2, 0) is 14.9 Å². The molecule has 15 heavy (non-hydrogen) atoms. The van der Waals surface area contributed by atoms with Gasteiger partial charge in [0.25, 0.3) is 5.91 Å². The summed E-state index contributed by atoms with van der Waals surface area (Å²) >= 11 is 0. The molecule has 82 valence electrons. The van der Waals surface area contributed by atoms with Crippen LogP contribution in [0.5, 0.6) is 0 Å². The number of nitrogens with one attached hydrogen (secondary N) is 2. The molecule has 1 aliphatic rings. The van der Waals surface area contributed by atoms with E-state index in [1.807, 2.05) is 0 Å². The van der Waals surface area contributed by atoms with Crippen molar-refractivity contribution in [3.05, 3.63) is 0 Å². The number of hydrogen-bond donors (Lipinski definition) is 2. The second-order valence-electron chi connectivity index (χ2n) is 2.28. The molecule has 1 fully saturated rings. The van der Waals surface area contributed by atoms with Crippen molar-refractivity contribution in [1.29, 1.82) is 0 Å². The van der Waals surface area contributed by atoms with Gasteiger partial charge in [-0.1, -0.05) is 0 Å². The van der Waals surface area contributed by atoms with E-state index in [2.05, 4.69) is 0 Å². The molecule has 0 spiro atoms. The summed E-state index contributed by atoms with van der Waals surface area (Å²) in [6.45, 7) is 0. The van der Waals surface area contributed by atoms with E-state index in [1.54, 1.807) is 0 Å². The summed E-state index contributed by atoms with van der Waals surface area (Å²) in [4.78, 5) is 21.0. The van der Waals surface area contributed by atoms with Gasteiger partial charge in [-0.05, 0) is 0 Å². The van der Waals surface area contributed by atoms with E-state index in [0.717, 1.165) is 0 Å². The van der Waals surface area contributed by atoms with Crippen molar-refractivity contribution < 1.29 is 83.8 Å². The zero-order valence-corrected chi connectivity index (χ0v) is 11.4. The number of urea groups is 1. The molecule has 0 aliphatic carbocycles. The molecule has 8 nitrogen and oxygen atoms in total. The van der Waals surface area contributed by atoms with Crippen LogP contribution in [0.25, 0.3) is 0 Å². The van der Waals surface area contributed by atoms with Crippen molar-refractivity contribution in [2.45, 2.75) is 11.5 Å². The quantitative estimate of drug-likeness (QED) is 0.359. The number of amides is 3. The predicted octanol–water partition coefficient (Wildman–Crippen LogP) is -5.79. The Bertz CT molecular complexity index is 358. The minimum absolute atomic E-state index is 0. The van der Waals surface area contributed by atoms with Gasteiger partial charge >= 0.3 is 57.4 Å². The van der Waals surface area contributed by atoms with Crippen LogP contribution >= 0.6 is 0 Å². The third kappa shape index (κ3) is 4.40. The largest absolute Gasteiger partial charge is 1.00 e. The average Bonchev–Trinajstić information content (AvgIpc) is 1.94. The number of carbonyl (C=O) groups excluding carboxylic acids is 2. The molecule has 0 aromatic rings. The van der Waals surface area contributed by atoms with Crippen LogP contribution in [0.2, 0.25) is 0 Å². The maximum atomic E-state index is 12.7. The van der Waals surface area contributed by atoms with Gasteiger partial charge < -0.3 is 15.3 Å². The summed E-state index contributed by atoms with van der Waals surface area (Å²) in [5, 5.41) is 0.615. The minimum atomic E-state index is -5.06. The van der Waals surface area contributed by atoms with Crippen molar-refractivity contribution in [2.75, 3.05) is 0 Å². The maximum absolute atomic E-state index is 12.7. The second-order valence-corrected chi connectivity index (χ2v) is 3.77. The Morgan fingerprint density at radius 2 is 1.80 bits per heavy atom. The van der Waals surface area contributed by atoms with Crippen LogP contribution in [0.1, 0.15) is 0 Å². The molecule has 1 heterocycles. The molecule has 0 radical (unpaired) electrons. The fourth-order valence-electron chi connectivity index (χ4n) is 0.775. The summed E-state index contributed by atoms with van der Waals surface area (Å²) in [7, 11) is -5.06. The molecular weight excluding hydrogens is 262 g/mol. The Morgan fingerprint density at radius 3 is 2.20 bits per heavy atom. The van der Waals surface area contributed by atoms with Gasteiger partial charge in [0.05, 0.1) is 0 Å². The normalized spacial score (nSPS) is 25.5. The third-order valence-electron chi connectivity index (χ3n) is 1.34. The van der Waals surface area contributed by atoms with E-state index in [9.17, 15) is 27.0 Å². The molecule has 1 saturated heterocycles. The first-order chi connectivity index (χ1) is 5.82. The molecule has 0 aromatic heterocycles. The van der Waals surface area contributed by atoms with Gasteiger partial charge in [0.15, 0.2) is 5.37 Å². The van der Waals surface area contributed by atoms with Gasteiger partial charge in [0.2, 0.25) is 6.17 Å². The van der Waals surface area contributed by atoms with Crippen LogP contribution in [0, 0.1) is 0 Å². The summed E-state index contributed by atoms with van der Waals surface area (Å²) in [5.74, 6) is -1.44. The first kappa shape index (κ1) is 17.8. The molecule has 2 atom stereocenters. The number of carbonyl (C=O) groups is 2. The molecular formula is C4H6FKN2O6S. The van der Waals surface area contributed by atoms with E-state index >= 15 is 0 Å². The van der Waals surface area contributed by atoms with Crippen molar-refractivity contribution in [2.24, 2.45) is 0 Å². The summed E-state index contributed by atoms with van der Waals surface area (Å²) in [6.07, 6.45) is -2.57. The third-order valence-corrected chi connectivity index (χ3v) is 2.32. The minimum Gasteiger partial charge on any atom is -0.746 e. The van der Waals surface area contributed by atoms with E-state index < -0.39 is 33.6 Å². The zero-order valence-electron chi connectivity index (χ0n) is 7.48. The van der Waals surface area contributed by atoms with Gasteiger partial charge in [-0.25, -0.2) is 17.6 Å². The van der Waals surface area contributed by atoms with Crippen LogP contribution < -0.4 is 62.0 Å². The van der Waals surface area contributed by atoms with Gasteiger partial charge in [-0.2, -0.15) is 0 Å². The summed E-state index contributed by atoms with van der Waals surface area (Å²) in [6, 6.07) is -1.21. The molecule has 11 heteroatoms. The Hall–Kier alpha value is 0.376. The van der Waals surface area contributed by atoms with Crippen molar-refractivity contribution >= 4 is 22.1 Å². The fourth-order valence-corrected chi connectivity index (χ4v) is 1.44. The van der Waals surface area contributed by atoms with E-state index in [-0.39, 0.29) is 56.9 Å². The number of halogens is 1. The molecule has 0 saturated carbocycles. The monoisotopic (exact) mass is 268 g/mol. The smallest absolute Gasteiger partial charge is 0.746 e. The molecule has 1 rings (SSSR count). The van der Waals surface area contributed by atoms with Gasteiger partial charge in [0.1, 0.15) is 10.1 Å². The molecule has 4 N–H and O–H groups in total. The molecule has 0 unspecified atom stereocenters. The van der Waals surface area contributed by atoms with Crippen molar-refractivity contribution in [1.82, 2.24) is 10.6 Å². The number of alkyl halides is 1. The number of rotatable bonds is 1. The van der Waals surface area contributed by atoms with Crippen LogP contribution in [-0.4, -0.2) is 41.9 Å². The summed E-state index contributed by atoms with van der Waals surface area (Å²) < 4.78 is 43.6. The second kappa shape index (κ2) is 6.20. The van der Waals surface area contributed by atoms with E-state index in [1.165, 1.54) is 10.6 Å². The van der Waals surface area contributed by atoms with Crippen LogP contribution in [0.3, 0.4) is 0 Å². The van der Waals surface area contributed by atoms with Gasteiger partial charge in [-0.15, -0.1) is 0 Å². The van der Waals surface area contributed by atoms with Crippen molar-refractivity contribution in [3.8, 4) is 0 Å². The zero-order chi connectivity index (χ0) is 10.2. The average molecular weight is 268 g/mol. The fraction of sp³-hybridized carbons (Fsp3) is 0.500. The van der Waals surface area contributed by atoms with Crippen LogP contribution in [0.15, 0.2) is 0 Å². The van der Waals surface area contributed by atoms with Crippen molar-refractivity contribution in [3.63, 3.8) is 0 Å². The Labute approximate surface area is 126 Å². The maximum Gasteiger partial charge on any atom is 1.00 e. The topological polar surface area (TPSA) is 147 Å².